The summed E-state index contributed by atoms with van der Waals surface area (Å²) in [6, 6.07) is 2.21. The van der Waals surface area contributed by atoms with Gasteiger partial charge in [-0.05, 0) is 25.8 Å². The lowest BCUT2D eigenvalue weighted by atomic mass is 10.1. The van der Waals surface area contributed by atoms with Crippen molar-refractivity contribution in [2.45, 2.75) is 38.6 Å². The summed E-state index contributed by atoms with van der Waals surface area (Å²) >= 11 is 0. The largest absolute Gasteiger partial charge is 0.478 e. The first-order chi connectivity index (χ1) is 8.20. The number of nitrogens with zero attached hydrogens (tertiary/aromatic N) is 2. The Morgan fingerprint density at radius 2 is 2.29 bits per heavy atom. The molecule has 17 heavy (non-hydrogen) atoms. The van der Waals surface area contributed by atoms with E-state index in [9.17, 15) is 9.90 Å². The Labute approximate surface area is 101 Å². The van der Waals surface area contributed by atoms with Crippen LogP contribution >= 0.6 is 0 Å². The fraction of sp³-hybridized carbons (Fsp3) is 0.538. The second-order valence-electron chi connectivity index (χ2n) is 4.59. The van der Waals surface area contributed by atoms with Gasteiger partial charge >= 0.3 is 5.97 Å². The average molecular weight is 234 g/mol. The molecular formula is C13H18N2O2. The van der Waals surface area contributed by atoms with Crippen LogP contribution in [0.2, 0.25) is 0 Å². The van der Waals surface area contributed by atoms with Crippen LogP contribution in [0, 0.1) is 0 Å². The van der Waals surface area contributed by atoms with E-state index in [-0.39, 0.29) is 0 Å². The van der Waals surface area contributed by atoms with Crippen molar-refractivity contribution in [1.29, 1.82) is 0 Å². The molecule has 1 atom stereocenters. The molecule has 0 saturated carbocycles. The van der Waals surface area contributed by atoms with Gasteiger partial charge in [-0.2, -0.15) is 0 Å². The van der Waals surface area contributed by atoms with Gasteiger partial charge in [-0.3, -0.25) is 4.98 Å². The van der Waals surface area contributed by atoms with E-state index in [0.717, 1.165) is 25.1 Å². The Balaban J connectivity index is 2.34. The minimum Gasteiger partial charge on any atom is -0.478 e. The van der Waals surface area contributed by atoms with Crippen LogP contribution in [-0.2, 0) is 0 Å². The molecule has 0 bridgehead atoms. The zero-order valence-corrected chi connectivity index (χ0v) is 10.1. The molecular weight excluding hydrogens is 216 g/mol. The van der Waals surface area contributed by atoms with Gasteiger partial charge in [-0.25, -0.2) is 4.79 Å². The number of hydrogen-bond acceptors (Lipinski definition) is 3. The normalized spacial score (nSPS) is 21.0. The van der Waals surface area contributed by atoms with Crippen LogP contribution in [0.25, 0.3) is 0 Å². The molecule has 1 fully saturated rings. The SMILES string of the molecule is CC1CCCCCN1c1ccncc1C(=O)O. The van der Waals surface area contributed by atoms with E-state index in [4.69, 9.17) is 0 Å². The molecule has 0 amide bonds. The van der Waals surface area contributed by atoms with Crippen LogP contribution in [0.3, 0.4) is 0 Å². The van der Waals surface area contributed by atoms with Crippen molar-refractivity contribution in [3.8, 4) is 0 Å². The third kappa shape index (κ3) is 2.57. The van der Waals surface area contributed by atoms with Crippen molar-refractivity contribution in [2.75, 3.05) is 11.4 Å². The van der Waals surface area contributed by atoms with Crippen molar-refractivity contribution in [2.24, 2.45) is 0 Å². The molecule has 0 radical (unpaired) electrons. The average Bonchev–Trinajstić information content (AvgIpc) is 2.54. The van der Waals surface area contributed by atoms with Crippen molar-refractivity contribution < 1.29 is 9.90 Å². The molecule has 1 aliphatic heterocycles. The van der Waals surface area contributed by atoms with E-state index >= 15 is 0 Å². The standard InChI is InChI=1S/C13H18N2O2/c1-10-5-3-2-4-8-15(10)12-6-7-14-9-11(12)13(16)17/h6-7,9-10H,2-5,8H2,1H3,(H,16,17). The van der Waals surface area contributed by atoms with Crippen LogP contribution in [-0.4, -0.2) is 28.6 Å². The Morgan fingerprint density at radius 1 is 1.47 bits per heavy atom. The first kappa shape index (κ1) is 11.9. The Bertz CT molecular complexity index is 406. The second kappa shape index (κ2) is 5.17. The first-order valence-corrected chi connectivity index (χ1v) is 6.14. The van der Waals surface area contributed by atoms with E-state index in [0.29, 0.717) is 11.6 Å². The van der Waals surface area contributed by atoms with Crippen LogP contribution in [0.4, 0.5) is 5.69 Å². The molecule has 1 aliphatic rings. The van der Waals surface area contributed by atoms with Crippen LogP contribution < -0.4 is 4.90 Å². The number of carbonyl (C=O) groups is 1. The van der Waals surface area contributed by atoms with Crippen molar-refractivity contribution >= 4 is 11.7 Å². The Hall–Kier alpha value is -1.58. The molecule has 1 unspecified atom stereocenters. The molecule has 92 valence electrons. The number of aromatic carboxylic acids is 1. The summed E-state index contributed by atoms with van der Waals surface area (Å²) in [5, 5.41) is 9.19. The molecule has 2 rings (SSSR count). The van der Waals surface area contributed by atoms with E-state index in [1.54, 1.807) is 6.20 Å². The number of carboxylic acid groups (broad SMARTS) is 1. The fourth-order valence-corrected chi connectivity index (χ4v) is 2.44. The highest BCUT2D eigenvalue weighted by molar-refractivity contribution is 5.94. The van der Waals surface area contributed by atoms with Crippen molar-refractivity contribution in [1.82, 2.24) is 4.98 Å². The third-order valence-corrected chi connectivity index (χ3v) is 3.39. The van der Waals surface area contributed by atoms with Crippen molar-refractivity contribution in [3.05, 3.63) is 24.0 Å². The van der Waals surface area contributed by atoms with Crippen LogP contribution in [0.5, 0.6) is 0 Å². The number of rotatable bonds is 2. The lowest BCUT2D eigenvalue weighted by molar-refractivity contribution is 0.0697. The van der Waals surface area contributed by atoms with E-state index < -0.39 is 5.97 Å². The summed E-state index contributed by atoms with van der Waals surface area (Å²) in [5.74, 6) is -0.899. The Kier molecular flexibility index (Phi) is 3.61. The number of carboxylic acids is 1. The van der Waals surface area contributed by atoms with Gasteiger partial charge in [-0.15, -0.1) is 0 Å². The molecule has 1 N–H and O–H groups in total. The van der Waals surface area contributed by atoms with E-state index in [1.807, 2.05) is 6.07 Å². The highest BCUT2D eigenvalue weighted by Gasteiger charge is 2.21. The molecule has 4 nitrogen and oxygen atoms in total. The van der Waals surface area contributed by atoms with Gasteiger partial charge in [0.1, 0.15) is 5.56 Å². The summed E-state index contributed by atoms with van der Waals surface area (Å²) in [7, 11) is 0. The quantitative estimate of drug-likeness (QED) is 0.854. The van der Waals surface area contributed by atoms with Crippen LogP contribution in [0.15, 0.2) is 18.5 Å². The lowest BCUT2D eigenvalue weighted by Crippen LogP contribution is -2.33. The van der Waals surface area contributed by atoms with Gasteiger partial charge in [0.05, 0.1) is 5.69 Å². The monoisotopic (exact) mass is 234 g/mol. The second-order valence-corrected chi connectivity index (χ2v) is 4.59. The van der Waals surface area contributed by atoms with E-state index in [1.165, 1.54) is 19.0 Å². The van der Waals surface area contributed by atoms with Gasteiger partial charge in [0.2, 0.25) is 0 Å². The van der Waals surface area contributed by atoms with Crippen LogP contribution in [0.1, 0.15) is 43.0 Å². The van der Waals surface area contributed by atoms with Gasteiger partial charge < -0.3 is 10.0 Å². The summed E-state index contributed by atoms with van der Waals surface area (Å²) in [6.07, 6.45) is 7.82. The van der Waals surface area contributed by atoms with Crippen molar-refractivity contribution in [3.63, 3.8) is 0 Å². The number of anilines is 1. The minimum atomic E-state index is -0.899. The highest BCUT2D eigenvalue weighted by atomic mass is 16.4. The maximum atomic E-state index is 11.2. The third-order valence-electron chi connectivity index (χ3n) is 3.39. The smallest absolute Gasteiger partial charge is 0.339 e. The maximum absolute atomic E-state index is 11.2. The summed E-state index contributed by atoms with van der Waals surface area (Å²) in [5.41, 5.74) is 1.11. The van der Waals surface area contributed by atoms with Gasteiger partial charge in [-0.1, -0.05) is 12.8 Å². The van der Waals surface area contributed by atoms with E-state index in [2.05, 4.69) is 16.8 Å². The fourth-order valence-electron chi connectivity index (χ4n) is 2.44. The summed E-state index contributed by atoms with van der Waals surface area (Å²) in [6.45, 7) is 3.10. The molecule has 0 aromatic carbocycles. The summed E-state index contributed by atoms with van der Waals surface area (Å²) in [4.78, 5) is 17.3. The van der Waals surface area contributed by atoms with Gasteiger partial charge in [0, 0.05) is 25.0 Å². The Morgan fingerprint density at radius 3 is 3.06 bits per heavy atom. The molecule has 1 aromatic rings. The molecule has 0 spiro atoms. The molecule has 0 aliphatic carbocycles. The number of hydrogen-bond donors (Lipinski definition) is 1. The zero-order valence-electron chi connectivity index (χ0n) is 10.1. The molecule has 2 heterocycles. The highest BCUT2D eigenvalue weighted by Crippen LogP contribution is 2.26. The number of aromatic nitrogens is 1. The zero-order chi connectivity index (χ0) is 12.3. The number of pyridine rings is 1. The lowest BCUT2D eigenvalue weighted by Gasteiger charge is -2.30. The predicted octanol–water partition coefficient (Wildman–Crippen LogP) is 2.55. The predicted molar refractivity (Wildman–Crippen MR) is 66.5 cm³/mol. The van der Waals surface area contributed by atoms with Gasteiger partial charge in [0.25, 0.3) is 0 Å². The molecule has 4 heteroatoms. The maximum Gasteiger partial charge on any atom is 0.339 e. The van der Waals surface area contributed by atoms with Gasteiger partial charge in [0.15, 0.2) is 0 Å². The summed E-state index contributed by atoms with van der Waals surface area (Å²) < 4.78 is 0. The molecule has 1 aromatic heterocycles. The topological polar surface area (TPSA) is 53.4 Å². The first-order valence-electron chi connectivity index (χ1n) is 6.14. The molecule has 1 saturated heterocycles. The minimum absolute atomic E-state index is 0.307.